The molecule has 4 rings (SSSR count). The number of rotatable bonds is 3. The van der Waals surface area contributed by atoms with Crippen molar-refractivity contribution in [2.45, 2.75) is 25.7 Å². The van der Waals surface area contributed by atoms with E-state index in [9.17, 15) is 4.79 Å². The number of ether oxygens (including phenoxy) is 2. The third-order valence-electron chi connectivity index (χ3n) is 4.55. The Morgan fingerprint density at radius 1 is 1.16 bits per heavy atom. The van der Waals surface area contributed by atoms with Gasteiger partial charge < -0.3 is 14.5 Å². The summed E-state index contributed by atoms with van der Waals surface area (Å²) in [6.45, 7) is 0. The van der Waals surface area contributed by atoms with E-state index < -0.39 is 0 Å². The second-order valence-corrected chi connectivity index (χ2v) is 8.24. The van der Waals surface area contributed by atoms with Crippen LogP contribution in [-0.4, -0.2) is 24.2 Å². The van der Waals surface area contributed by atoms with Crippen LogP contribution in [0.25, 0.3) is 21.6 Å². The van der Waals surface area contributed by atoms with Gasteiger partial charge in [0.15, 0.2) is 11.5 Å². The summed E-state index contributed by atoms with van der Waals surface area (Å²) < 4.78 is 11.7. The van der Waals surface area contributed by atoms with E-state index in [2.05, 4.69) is 27.6 Å². The maximum atomic E-state index is 12.7. The van der Waals surface area contributed by atoms with Crippen LogP contribution in [0.2, 0.25) is 0 Å². The van der Waals surface area contributed by atoms with Crippen LogP contribution in [0, 0.1) is 3.57 Å². The SMILES string of the molecule is COc1cc(I)c(-c2nc3sc4c(c3c(=O)[nH]2)CCCC4)cc1OC. The Balaban J connectivity index is 1.92. The number of thiophene rings is 1. The van der Waals surface area contributed by atoms with Gasteiger partial charge in [0.1, 0.15) is 10.7 Å². The molecule has 0 atom stereocenters. The maximum absolute atomic E-state index is 12.7. The predicted molar refractivity (Wildman–Crippen MR) is 108 cm³/mol. The monoisotopic (exact) mass is 468 g/mol. The molecule has 5 nitrogen and oxygen atoms in total. The van der Waals surface area contributed by atoms with E-state index >= 15 is 0 Å². The summed E-state index contributed by atoms with van der Waals surface area (Å²) in [7, 11) is 3.21. The highest BCUT2D eigenvalue weighted by molar-refractivity contribution is 14.1. The Labute approximate surface area is 162 Å². The molecule has 2 aromatic heterocycles. The zero-order chi connectivity index (χ0) is 17.6. The molecule has 0 saturated heterocycles. The number of aromatic amines is 1. The third kappa shape index (κ3) is 2.83. The third-order valence-corrected chi connectivity index (χ3v) is 6.63. The lowest BCUT2D eigenvalue weighted by molar-refractivity contribution is 0.355. The van der Waals surface area contributed by atoms with Crippen LogP contribution >= 0.6 is 33.9 Å². The highest BCUT2D eigenvalue weighted by atomic mass is 127. The minimum Gasteiger partial charge on any atom is -0.493 e. The van der Waals surface area contributed by atoms with Gasteiger partial charge in [-0.1, -0.05) is 0 Å². The minimum atomic E-state index is -0.0509. The van der Waals surface area contributed by atoms with Gasteiger partial charge in [0.25, 0.3) is 5.56 Å². The summed E-state index contributed by atoms with van der Waals surface area (Å²) in [6, 6.07) is 3.75. The fraction of sp³-hybridized carbons (Fsp3) is 0.333. The molecule has 2 heterocycles. The largest absolute Gasteiger partial charge is 0.493 e. The molecule has 0 spiro atoms. The number of hydrogen-bond donors (Lipinski definition) is 1. The van der Waals surface area contributed by atoms with E-state index in [-0.39, 0.29) is 5.56 Å². The molecule has 0 radical (unpaired) electrons. The Morgan fingerprint density at radius 2 is 1.88 bits per heavy atom. The molecule has 1 aliphatic carbocycles. The molecule has 25 heavy (non-hydrogen) atoms. The summed E-state index contributed by atoms with van der Waals surface area (Å²) in [4.78, 5) is 22.6. The van der Waals surface area contributed by atoms with Crippen LogP contribution in [0.5, 0.6) is 11.5 Å². The first kappa shape index (κ1) is 16.8. The van der Waals surface area contributed by atoms with E-state index in [4.69, 9.17) is 14.5 Å². The first-order chi connectivity index (χ1) is 12.1. The predicted octanol–water partition coefficient (Wildman–Crippen LogP) is 4.15. The molecular weight excluding hydrogens is 451 g/mol. The zero-order valence-electron chi connectivity index (χ0n) is 13.9. The highest BCUT2D eigenvalue weighted by Crippen LogP contribution is 2.37. The summed E-state index contributed by atoms with van der Waals surface area (Å²) in [6.07, 6.45) is 4.37. The number of H-pyrrole nitrogens is 1. The second kappa shape index (κ2) is 6.60. The average Bonchev–Trinajstić information content (AvgIpc) is 3.00. The van der Waals surface area contributed by atoms with Crippen molar-refractivity contribution in [3.63, 3.8) is 0 Å². The summed E-state index contributed by atoms with van der Waals surface area (Å²) >= 11 is 3.88. The van der Waals surface area contributed by atoms with Gasteiger partial charge in [-0.15, -0.1) is 11.3 Å². The van der Waals surface area contributed by atoms with Crippen molar-refractivity contribution in [3.8, 4) is 22.9 Å². The van der Waals surface area contributed by atoms with Crippen molar-refractivity contribution in [3.05, 3.63) is 36.5 Å². The Kier molecular flexibility index (Phi) is 4.45. The molecule has 130 valence electrons. The summed E-state index contributed by atoms with van der Waals surface area (Å²) in [5.74, 6) is 1.85. The molecule has 3 aromatic rings. The van der Waals surface area contributed by atoms with Crippen molar-refractivity contribution in [2.24, 2.45) is 0 Å². The van der Waals surface area contributed by atoms with Gasteiger partial charge in [0.05, 0.1) is 19.6 Å². The fourth-order valence-electron chi connectivity index (χ4n) is 3.33. The number of aryl methyl sites for hydroxylation is 2. The topological polar surface area (TPSA) is 64.2 Å². The second-order valence-electron chi connectivity index (χ2n) is 5.99. The number of nitrogens with zero attached hydrogens (tertiary/aromatic N) is 1. The van der Waals surface area contributed by atoms with Gasteiger partial charge in [-0.05, 0) is 66.0 Å². The molecular formula is C18H17IN2O3S. The van der Waals surface area contributed by atoms with E-state index in [0.29, 0.717) is 17.3 Å². The van der Waals surface area contributed by atoms with E-state index in [1.165, 1.54) is 16.9 Å². The highest BCUT2D eigenvalue weighted by Gasteiger charge is 2.21. The number of aromatic nitrogens is 2. The van der Waals surface area contributed by atoms with E-state index in [1.54, 1.807) is 25.6 Å². The van der Waals surface area contributed by atoms with Gasteiger partial charge in [-0.25, -0.2) is 4.98 Å². The quantitative estimate of drug-likeness (QED) is 0.587. The molecule has 0 saturated carbocycles. The molecule has 0 aliphatic heterocycles. The van der Waals surface area contributed by atoms with Gasteiger partial charge in [-0.3, -0.25) is 4.79 Å². The van der Waals surface area contributed by atoms with Crippen molar-refractivity contribution in [2.75, 3.05) is 14.2 Å². The molecule has 0 bridgehead atoms. The number of halogens is 1. The number of methoxy groups -OCH3 is 2. The van der Waals surface area contributed by atoms with Gasteiger partial charge in [0.2, 0.25) is 0 Å². The lowest BCUT2D eigenvalue weighted by atomic mass is 9.97. The van der Waals surface area contributed by atoms with Crippen LogP contribution in [-0.2, 0) is 12.8 Å². The average molecular weight is 468 g/mol. The fourth-order valence-corrected chi connectivity index (χ4v) is 5.28. The van der Waals surface area contributed by atoms with Crippen LogP contribution in [0.15, 0.2) is 16.9 Å². The molecule has 0 fully saturated rings. The van der Waals surface area contributed by atoms with Crippen LogP contribution in [0.4, 0.5) is 0 Å². The van der Waals surface area contributed by atoms with Crippen LogP contribution in [0.3, 0.4) is 0 Å². The lowest BCUT2D eigenvalue weighted by Gasteiger charge is -2.12. The number of fused-ring (bicyclic) bond motifs is 3. The van der Waals surface area contributed by atoms with Gasteiger partial charge in [-0.2, -0.15) is 0 Å². The number of hydrogen-bond acceptors (Lipinski definition) is 5. The van der Waals surface area contributed by atoms with Crippen molar-refractivity contribution < 1.29 is 9.47 Å². The normalized spacial score (nSPS) is 13.7. The molecule has 1 N–H and O–H groups in total. The Hall–Kier alpha value is -1.61. The molecule has 7 heteroatoms. The molecule has 1 aliphatic rings. The van der Waals surface area contributed by atoms with Gasteiger partial charge in [0, 0.05) is 14.0 Å². The van der Waals surface area contributed by atoms with Gasteiger partial charge >= 0.3 is 0 Å². The molecule has 1 aromatic carbocycles. The lowest BCUT2D eigenvalue weighted by Crippen LogP contribution is -2.11. The van der Waals surface area contributed by atoms with E-state index in [1.807, 2.05) is 12.1 Å². The zero-order valence-corrected chi connectivity index (χ0v) is 16.9. The maximum Gasteiger partial charge on any atom is 0.260 e. The molecule has 0 amide bonds. The van der Waals surface area contributed by atoms with Crippen molar-refractivity contribution >= 4 is 44.1 Å². The smallest absolute Gasteiger partial charge is 0.260 e. The number of benzene rings is 1. The Bertz CT molecular complexity index is 1030. The summed E-state index contributed by atoms with van der Waals surface area (Å²) in [5.41, 5.74) is 1.99. The van der Waals surface area contributed by atoms with Crippen LogP contribution in [0.1, 0.15) is 23.3 Å². The molecule has 0 unspecified atom stereocenters. The van der Waals surface area contributed by atoms with Crippen molar-refractivity contribution in [1.82, 2.24) is 9.97 Å². The van der Waals surface area contributed by atoms with Crippen LogP contribution < -0.4 is 15.0 Å². The summed E-state index contributed by atoms with van der Waals surface area (Å²) in [5, 5.41) is 0.777. The Morgan fingerprint density at radius 3 is 2.64 bits per heavy atom. The van der Waals surface area contributed by atoms with E-state index in [0.717, 1.165) is 38.6 Å². The number of nitrogens with one attached hydrogen (secondary N) is 1. The first-order valence-electron chi connectivity index (χ1n) is 8.09. The van der Waals surface area contributed by atoms with Crippen molar-refractivity contribution in [1.29, 1.82) is 0 Å². The minimum absolute atomic E-state index is 0.0509. The standard InChI is InChI=1S/C18H17IN2O3S/c1-23-12-7-10(11(19)8-13(12)24-2)16-20-17(22)15-9-5-3-4-6-14(9)25-18(15)21-16/h7-8H,3-6H2,1-2H3,(H,20,21,22). The first-order valence-corrected chi connectivity index (χ1v) is 9.98.